The average molecular weight is 250 g/mol. The molecule has 2 aromatic heterocycles. The molecule has 0 aromatic carbocycles. The third-order valence-electron chi connectivity index (χ3n) is 2.87. The zero-order valence-corrected chi connectivity index (χ0v) is 11.5. The zero-order valence-electron chi connectivity index (χ0n) is 9.90. The standard InChI is InChI=1S/C14H18S2/c1-3-4-6-11(2)12-8-9-14(16-12)13-7-5-10-15-13/h5,7-11H,3-4,6H2,1-2H3. The Morgan fingerprint density at radius 1 is 1.19 bits per heavy atom. The van der Waals surface area contributed by atoms with Crippen LogP contribution < -0.4 is 0 Å². The predicted octanol–water partition coefficient (Wildman–Crippen LogP) is 5.77. The number of thiophene rings is 2. The molecule has 86 valence electrons. The first kappa shape index (κ1) is 11.9. The number of hydrogen-bond acceptors (Lipinski definition) is 2. The maximum Gasteiger partial charge on any atom is 0.0445 e. The van der Waals surface area contributed by atoms with E-state index in [0.29, 0.717) is 0 Å². The molecule has 0 saturated carbocycles. The van der Waals surface area contributed by atoms with E-state index in [2.05, 4.69) is 43.5 Å². The van der Waals surface area contributed by atoms with E-state index in [4.69, 9.17) is 0 Å². The molecule has 0 saturated heterocycles. The molecule has 2 heteroatoms. The second kappa shape index (κ2) is 5.65. The lowest BCUT2D eigenvalue weighted by Crippen LogP contribution is -1.88. The first-order chi connectivity index (χ1) is 7.81. The van der Waals surface area contributed by atoms with Gasteiger partial charge in [-0.05, 0) is 35.9 Å². The van der Waals surface area contributed by atoms with E-state index in [1.54, 1.807) is 0 Å². The van der Waals surface area contributed by atoms with E-state index < -0.39 is 0 Å². The topological polar surface area (TPSA) is 0 Å². The van der Waals surface area contributed by atoms with Gasteiger partial charge >= 0.3 is 0 Å². The summed E-state index contributed by atoms with van der Waals surface area (Å²) in [5, 5.41) is 2.15. The highest BCUT2D eigenvalue weighted by Gasteiger charge is 2.09. The van der Waals surface area contributed by atoms with Crippen molar-refractivity contribution in [3.63, 3.8) is 0 Å². The zero-order chi connectivity index (χ0) is 11.4. The summed E-state index contributed by atoms with van der Waals surface area (Å²) in [5.41, 5.74) is 0. The van der Waals surface area contributed by atoms with Crippen molar-refractivity contribution in [1.29, 1.82) is 0 Å². The molecule has 0 bridgehead atoms. The second-order valence-corrected chi connectivity index (χ2v) is 6.29. The fourth-order valence-corrected chi connectivity index (χ4v) is 3.75. The summed E-state index contributed by atoms with van der Waals surface area (Å²) in [7, 11) is 0. The molecular formula is C14H18S2. The van der Waals surface area contributed by atoms with Crippen LogP contribution in [0.2, 0.25) is 0 Å². The highest BCUT2D eigenvalue weighted by Crippen LogP contribution is 2.35. The summed E-state index contributed by atoms with van der Waals surface area (Å²) in [4.78, 5) is 4.36. The van der Waals surface area contributed by atoms with Crippen molar-refractivity contribution in [3.8, 4) is 9.75 Å². The number of rotatable bonds is 5. The van der Waals surface area contributed by atoms with Crippen LogP contribution in [0.4, 0.5) is 0 Å². The largest absolute Gasteiger partial charge is 0.143 e. The van der Waals surface area contributed by atoms with Crippen molar-refractivity contribution in [1.82, 2.24) is 0 Å². The monoisotopic (exact) mass is 250 g/mol. The molecule has 0 N–H and O–H groups in total. The Hall–Kier alpha value is -0.600. The Bertz CT molecular complexity index is 412. The maximum atomic E-state index is 2.35. The van der Waals surface area contributed by atoms with Crippen molar-refractivity contribution in [2.75, 3.05) is 0 Å². The van der Waals surface area contributed by atoms with Crippen molar-refractivity contribution in [3.05, 3.63) is 34.5 Å². The Morgan fingerprint density at radius 2 is 2.06 bits per heavy atom. The van der Waals surface area contributed by atoms with Gasteiger partial charge in [0.25, 0.3) is 0 Å². The third-order valence-corrected chi connectivity index (χ3v) is 5.25. The SMILES string of the molecule is CCCCC(C)c1ccc(-c2cccs2)s1. The Labute approximate surface area is 106 Å². The summed E-state index contributed by atoms with van der Waals surface area (Å²) in [5.74, 6) is 0.721. The van der Waals surface area contributed by atoms with Crippen LogP contribution in [0.1, 0.15) is 43.9 Å². The molecule has 0 spiro atoms. The second-order valence-electron chi connectivity index (χ2n) is 4.22. The van der Waals surface area contributed by atoms with Crippen LogP contribution in [0.15, 0.2) is 29.6 Å². The lowest BCUT2D eigenvalue weighted by molar-refractivity contribution is 0.632. The lowest BCUT2D eigenvalue weighted by atomic mass is 10.0. The van der Waals surface area contributed by atoms with Crippen molar-refractivity contribution in [2.24, 2.45) is 0 Å². The van der Waals surface area contributed by atoms with Gasteiger partial charge in [-0.1, -0.05) is 32.8 Å². The van der Waals surface area contributed by atoms with Gasteiger partial charge in [0.05, 0.1) is 0 Å². The molecule has 0 aliphatic rings. The molecule has 0 amide bonds. The van der Waals surface area contributed by atoms with Crippen LogP contribution in [0.5, 0.6) is 0 Å². The molecule has 0 nitrogen and oxygen atoms in total. The Morgan fingerprint density at radius 3 is 2.75 bits per heavy atom. The first-order valence-corrected chi connectivity index (χ1v) is 7.64. The normalized spacial score (nSPS) is 12.9. The van der Waals surface area contributed by atoms with E-state index in [-0.39, 0.29) is 0 Å². The molecule has 16 heavy (non-hydrogen) atoms. The van der Waals surface area contributed by atoms with E-state index >= 15 is 0 Å². The van der Waals surface area contributed by atoms with Gasteiger partial charge in [0, 0.05) is 14.6 Å². The van der Waals surface area contributed by atoms with Crippen LogP contribution in [-0.4, -0.2) is 0 Å². The smallest absolute Gasteiger partial charge is 0.0445 e. The molecular weight excluding hydrogens is 232 g/mol. The fourth-order valence-electron chi connectivity index (χ4n) is 1.82. The van der Waals surface area contributed by atoms with Gasteiger partial charge in [-0.25, -0.2) is 0 Å². The van der Waals surface area contributed by atoms with Crippen molar-refractivity contribution < 1.29 is 0 Å². The van der Waals surface area contributed by atoms with Crippen LogP contribution in [-0.2, 0) is 0 Å². The summed E-state index contributed by atoms with van der Waals surface area (Å²) in [6, 6.07) is 8.91. The minimum absolute atomic E-state index is 0.721. The molecule has 2 rings (SSSR count). The molecule has 0 fully saturated rings. The molecule has 2 aromatic rings. The highest BCUT2D eigenvalue weighted by molar-refractivity contribution is 7.21. The van der Waals surface area contributed by atoms with Gasteiger partial charge in [-0.3, -0.25) is 0 Å². The number of unbranched alkanes of at least 4 members (excludes halogenated alkanes) is 1. The summed E-state index contributed by atoms with van der Waals surface area (Å²) < 4.78 is 0. The van der Waals surface area contributed by atoms with Gasteiger partial charge in [0.1, 0.15) is 0 Å². The Balaban J connectivity index is 2.07. The third kappa shape index (κ3) is 2.74. The number of hydrogen-bond donors (Lipinski definition) is 0. The van der Waals surface area contributed by atoms with E-state index in [1.165, 1.54) is 33.9 Å². The van der Waals surface area contributed by atoms with Crippen molar-refractivity contribution in [2.45, 2.75) is 39.0 Å². The molecule has 0 radical (unpaired) electrons. The molecule has 1 atom stereocenters. The minimum Gasteiger partial charge on any atom is -0.143 e. The molecule has 1 unspecified atom stereocenters. The highest BCUT2D eigenvalue weighted by atomic mass is 32.1. The van der Waals surface area contributed by atoms with Gasteiger partial charge < -0.3 is 0 Å². The molecule has 2 heterocycles. The van der Waals surface area contributed by atoms with Crippen LogP contribution in [0, 0.1) is 0 Å². The maximum absolute atomic E-state index is 2.35. The van der Waals surface area contributed by atoms with Crippen LogP contribution >= 0.6 is 22.7 Å². The summed E-state index contributed by atoms with van der Waals surface area (Å²) in [6.07, 6.45) is 3.96. The van der Waals surface area contributed by atoms with Crippen molar-refractivity contribution >= 4 is 22.7 Å². The van der Waals surface area contributed by atoms with Gasteiger partial charge in [0.2, 0.25) is 0 Å². The van der Waals surface area contributed by atoms with Crippen LogP contribution in [0.25, 0.3) is 9.75 Å². The van der Waals surface area contributed by atoms with E-state index in [1.807, 2.05) is 22.7 Å². The molecule has 0 aliphatic carbocycles. The van der Waals surface area contributed by atoms with Crippen LogP contribution in [0.3, 0.4) is 0 Å². The summed E-state index contributed by atoms with van der Waals surface area (Å²) >= 11 is 3.79. The summed E-state index contributed by atoms with van der Waals surface area (Å²) in [6.45, 7) is 4.61. The van der Waals surface area contributed by atoms with Gasteiger partial charge in [-0.15, -0.1) is 22.7 Å². The predicted molar refractivity (Wildman–Crippen MR) is 75.6 cm³/mol. The average Bonchev–Trinajstić information content (AvgIpc) is 2.94. The van der Waals surface area contributed by atoms with Gasteiger partial charge in [0.15, 0.2) is 0 Å². The van der Waals surface area contributed by atoms with E-state index in [9.17, 15) is 0 Å². The lowest BCUT2D eigenvalue weighted by Gasteiger charge is -2.07. The fraction of sp³-hybridized carbons (Fsp3) is 0.429. The van der Waals surface area contributed by atoms with E-state index in [0.717, 1.165) is 5.92 Å². The Kier molecular flexibility index (Phi) is 4.19. The minimum atomic E-state index is 0.721. The van der Waals surface area contributed by atoms with Gasteiger partial charge in [-0.2, -0.15) is 0 Å². The molecule has 0 aliphatic heterocycles. The quantitative estimate of drug-likeness (QED) is 0.632. The first-order valence-electron chi connectivity index (χ1n) is 5.95.